The predicted molar refractivity (Wildman–Crippen MR) is 113 cm³/mol. The number of carbonyl (C=O) groups excluding carboxylic acids is 3. The second-order valence-electron chi connectivity index (χ2n) is 6.69. The molecule has 1 aromatic carbocycles. The fraction of sp³-hybridized carbons (Fsp3) is 0.316. The van der Waals surface area contributed by atoms with Gasteiger partial charge in [-0.15, -0.1) is 5.10 Å². The van der Waals surface area contributed by atoms with Crippen molar-refractivity contribution in [1.29, 1.82) is 0 Å². The molecular weight excluding hydrogens is 410 g/mol. The van der Waals surface area contributed by atoms with E-state index >= 15 is 0 Å². The number of hydrogen-bond acceptors (Lipinski definition) is 7. The topological polar surface area (TPSA) is 96.7 Å². The lowest BCUT2D eigenvalue weighted by Crippen LogP contribution is -2.47. The highest BCUT2D eigenvalue weighted by Gasteiger charge is 2.42. The Morgan fingerprint density at radius 2 is 1.86 bits per heavy atom. The minimum absolute atomic E-state index is 0.162. The van der Waals surface area contributed by atoms with Crippen LogP contribution in [0.3, 0.4) is 0 Å². The number of aromatic nitrogens is 3. The Morgan fingerprint density at radius 3 is 2.45 bits per heavy atom. The Kier molecular flexibility index (Phi) is 5.13. The van der Waals surface area contributed by atoms with Gasteiger partial charge in [-0.3, -0.25) is 24.6 Å². The summed E-state index contributed by atoms with van der Waals surface area (Å²) in [6, 6.07) is 5.69. The normalized spacial score (nSPS) is 14.5. The summed E-state index contributed by atoms with van der Waals surface area (Å²) in [4.78, 5) is 45.9. The van der Waals surface area contributed by atoms with Crippen molar-refractivity contribution >= 4 is 51.7 Å². The number of nitrogens with one attached hydrogen (secondary N) is 1. The van der Waals surface area contributed by atoms with Gasteiger partial charge in [-0.25, -0.2) is 4.52 Å². The van der Waals surface area contributed by atoms with Crippen molar-refractivity contribution in [3.05, 3.63) is 46.0 Å². The number of thioether (sulfide) groups is 1. The van der Waals surface area contributed by atoms with Crippen LogP contribution in [0.25, 0.3) is 4.96 Å². The second kappa shape index (κ2) is 7.60. The maximum atomic E-state index is 13.0. The molecule has 10 heteroatoms. The highest BCUT2D eigenvalue weighted by atomic mass is 32.2. The average Bonchev–Trinajstić information content (AvgIpc) is 3.29. The number of fused-ring (bicyclic) bond motifs is 2. The summed E-state index contributed by atoms with van der Waals surface area (Å²) in [5.41, 5.74) is 1.61. The van der Waals surface area contributed by atoms with Gasteiger partial charge >= 0.3 is 0 Å². The van der Waals surface area contributed by atoms with Crippen LogP contribution < -0.4 is 5.32 Å². The lowest BCUT2D eigenvalue weighted by Gasteiger charge is -2.24. The number of anilines is 1. The van der Waals surface area contributed by atoms with Crippen LogP contribution in [0.4, 0.5) is 5.95 Å². The van der Waals surface area contributed by atoms with E-state index in [1.165, 1.54) is 11.3 Å². The van der Waals surface area contributed by atoms with Crippen molar-refractivity contribution in [2.45, 2.75) is 26.3 Å². The van der Waals surface area contributed by atoms with Crippen LogP contribution in [0, 0.1) is 13.8 Å². The zero-order valence-electron chi connectivity index (χ0n) is 16.1. The maximum Gasteiger partial charge on any atom is 0.262 e. The van der Waals surface area contributed by atoms with Gasteiger partial charge < -0.3 is 0 Å². The smallest absolute Gasteiger partial charge is 0.262 e. The minimum Gasteiger partial charge on any atom is -0.291 e. The van der Waals surface area contributed by atoms with Crippen molar-refractivity contribution in [1.82, 2.24) is 19.5 Å². The molecule has 4 rings (SSSR count). The van der Waals surface area contributed by atoms with Gasteiger partial charge in [0.05, 0.1) is 16.8 Å². The Labute approximate surface area is 175 Å². The summed E-state index contributed by atoms with van der Waals surface area (Å²) in [7, 11) is 0. The Hall–Kier alpha value is -2.72. The first kappa shape index (κ1) is 19.6. The Balaban J connectivity index is 1.61. The molecule has 8 nitrogen and oxygen atoms in total. The molecular formula is C19H19N5O3S2. The standard InChI is InChI=1S/C19H19N5O3S2/c1-10-11(2)29-19-21-18(22-24(10)19)20-15(25)14(8-9-28-3)23-16(26)12-6-4-5-7-13(12)17(23)27/h4-7,14H,8-9H2,1-3H3,(H,20,22,25). The number of carbonyl (C=O) groups is 3. The number of nitrogens with zero attached hydrogens (tertiary/aromatic N) is 4. The molecule has 0 radical (unpaired) electrons. The van der Waals surface area contributed by atoms with E-state index in [0.717, 1.165) is 15.5 Å². The molecule has 0 saturated carbocycles. The summed E-state index contributed by atoms with van der Waals surface area (Å²) >= 11 is 3.03. The first-order valence-electron chi connectivity index (χ1n) is 9.02. The first-order valence-corrected chi connectivity index (χ1v) is 11.2. The quantitative estimate of drug-likeness (QED) is 0.605. The zero-order valence-corrected chi connectivity index (χ0v) is 17.8. The number of rotatable bonds is 6. The second-order valence-corrected chi connectivity index (χ2v) is 8.85. The summed E-state index contributed by atoms with van der Waals surface area (Å²) < 4.78 is 1.68. The van der Waals surface area contributed by atoms with Gasteiger partial charge in [-0.05, 0) is 44.4 Å². The molecule has 1 aliphatic rings. The molecule has 1 unspecified atom stereocenters. The molecule has 29 heavy (non-hydrogen) atoms. The Morgan fingerprint density at radius 1 is 1.21 bits per heavy atom. The highest BCUT2D eigenvalue weighted by molar-refractivity contribution is 7.98. The maximum absolute atomic E-state index is 13.0. The number of thiazole rings is 1. The third kappa shape index (κ3) is 3.32. The van der Waals surface area contributed by atoms with E-state index in [1.807, 2.05) is 20.1 Å². The van der Waals surface area contributed by atoms with Crippen molar-refractivity contribution < 1.29 is 14.4 Å². The molecule has 2 aromatic heterocycles. The van der Waals surface area contributed by atoms with Crippen LogP contribution in [0.2, 0.25) is 0 Å². The first-order chi connectivity index (χ1) is 13.9. The predicted octanol–water partition coefficient (Wildman–Crippen LogP) is 2.76. The van der Waals surface area contributed by atoms with Gasteiger partial charge in [0, 0.05) is 4.88 Å². The van der Waals surface area contributed by atoms with Gasteiger partial charge in [-0.2, -0.15) is 16.7 Å². The number of aryl methyl sites for hydroxylation is 2. The fourth-order valence-corrected chi connectivity index (χ4v) is 4.65. The van der Waals surface area contributed by atoms with Crippen molar-refractivity contribution in [2.75, 3.05) is 17.3 Å². The molecule has 0 fully saturated rings. The molecule has 3 amide bonds. The van der Waals surface area contributed by atoms with E-state index in [9.17, 15) is 14.4 Å². The third-order valence-electron chi connectivity index (χ3n) is 4.92. The van der Waals surface area contributed by atoms with Crippen LogP contribution in [-0.2, 0) is 4.79 Å². The van der Waals surface area contributed by atoms with E-state index in [0.29, 0.717) is 28.3 Å². The molecule has 150 valence electrons. The van der Waals surface area contributed by atoms with Crippen LogP contribution in [-0.4, -0.2) is 55.3 Å². The molecule has 0 aliphatic carbocycles. The molecule has 1 atom stereocenters. The summed E-state index contributed by atoms with van der Waals surface area (Å²) in [6.45, 7) is 3.91. The van der Waals surface area contributed by atoms with Crippen molar-refractivity contribution in [3.63, 3.8) is 0 Å². The SMILES string of the molecule is CSCCC(C(=O)Nc1nc2sc(C)c(C)n2n1)N1C(=O)c2ccccc2C1=O. The molecule has 1 aliphatic heterocycles. The van der Waals surface area contributed by atoms with E-state index in [2.05, 4.69) is 15.4 Å². The Bertz CT molecular complexity index is 1100. The fourth-order valence-electron chi connectivity index (χ4n) is 3.29. The summed E-state index contributed by atoms with van der Waals surface area (Å²) in [6.07, 6.45) is 2.26. The van der Waals surface area contributed by atoms with Crippen LogP contribution in [0.1, 0.15) is 37.7 Å². The number of hydrogen-bond donors (Lipinski definition) is 1. The van der Waals surface area contributed by atoms with E-state index < -0.39 is 23.8 Å². The average molecular weight is 430 g/mol. The van der Waals surface area contributed by atoms with Crippen LogP contribution in [0.15, 0.2) is 24.3 Å². The minimum atomic E-state index is -0.931. The van der Waals surface area contributed by atoms with Crippen molar-refractivity contribution in [3.8, 4) is 0 Å². The van der Waals surface area contributed by atoms with Crippen molar-refractivity contribution in [2.24, 2.45) is 0 Å². The monoisotopic (exact) mass is 429 g/mol. The zero-order chi connectivity index (χ0) is 20.7. The van der Waals surface area contributed by atoms with Gasteiger partial charge in [0.1, 0.15) is 6.04 Å². The lowest BCUT2D eigenvalue weighted by molar-refractivity contribution is -0.120. The molecule has 0 bridgehead atoms. The molecule has 0 saturated heterocycles. The van der Waals surface area contributed by atoms with Gasteiger partial charge in [0.15, 0.2) is 0 Å². The molecule has 1 N–H and O–H groups in total. The number of imide groups is 1. The summed E-state index contributed by atoms with van der Waals surface area (Å²) in [5.74, 6) is -0.583. The highest BCUT2D eigenvalue weighted by Crippen LogP contribution is 2.27. The summed E-state index contributed by atoms with van der Waals surface area (Å²) in [5, 5.41) is 7.02. The third-order valence-corrected chi connectivity index (χ3v) is 6.61. The van der Waals surface area contributed by atoms with Gasteiger partial charge in [0.25, 0.3) is 17.8 Å². The number of benzene rings is 1. The molecule has 3 aromatic rings. The van der Waals surface area contributed by atoms with E-state index in [1.54, 1.807) is 40.5 Å². The van der Waals surface area contributed by atoms with E-state index in [4.69, 9.17) is 0 Å². The van der Waals surface area contributed by atoms with Gasteiger partial charge in [0.2, 0.25) is 10.9 Å². The molecule has 3 heterocycles. The van der Waals surface area contributed by atoms with Gasteiger partial charge in [-0.1, -0.05) is 23.5 Å². The van der Waals surface area contributed by atoms with E-state index in [-0.39, 0.29) is 5.95 Å². The lowest BCUT2D eigenvalue weighted by atomic mass is 10.1. The molecule has 0 spiro atoms. The largest absolute Gasteiger partial charge is 0.291 e. The van der Waals surface area contributed by atoms with Crippen LogP contribution in [0.5, 0.6) is 0 Å². The number of amides is 3. The van der Waals surface area contributed by atoms with Crippen LogP contribution >= 0.6 is 23.1 Å².